The predicted octanol–water partition coefficient (Wildman–Crippen LogP) is 2.81. The van der Waals surface area contributed by atoms with Gasteiger partial charge in [0, 0.05) is 0 Å². The summed E-state index contributed by atoms with van der Waals surface area (Å²) >= 11 is 0. The highest BCUT2D eigenvalue weighted by molar-refractivity contribution is 5.97. The van der Waals surface area contributed by atoms with Gasteiger partial charge in [0.2, 0.25) is 0 Å². The predicted molar refractivity (Wildman–Crippen MR) is 103 cm³/mol. The minimum atomic E-state index is -0.759. The van der Waals surface area contributed by atoms with E-state index < -0.39 is 23.4 Å². The molecule has 0 unspecified atom stereocenters. The first-order valence-corrected chi connectivity index (χ1v) is 8.49. The second kappa shape index (κ2) is 9.93. The highest BCUT2D eigenvalue weighted by Gasteiger charge is 2.19. The zero-order valence-electron chi connectivity index (χ0n) is 16.1. The molecule has 10 heteroatoms. The van der Waals surface area contributed by atoms with Gasteiger partial charge in [-0.05, 0) is 37.3 Å². The lowest BCUT2D eigenvalue weighted by molar-refractivity contribution is -0.384. The number of carbonyl (C=O) groups excluding carboxylic acids is 2. The van der Waals surface area contributed by atoms with Crippen LogP contribution in [0.15, 0.2) is 36.4 Å². The van der Waals surface area contributed by atoms with E-state index >= 15 is 0 Å². The Morgan fingerprint density at radius 3 is 2.45 bits per heavy atom. The molecular weight excluding hydrogens is 384 g/mol. The first-order chi connectivity index (χ1) is 13.9. The van der Waals surface area contributed by atoms with Crippen LogP contribution < -0.4 is 19.5 Å². The molecule has 0 heterocycles. The van der Waals surface area contributed by atoms with Crippen molar-refractivity contribution >= 4 is 23.3 Å². The van der Waals surface area contributed by atoms with Gasteiger partial charge in [0.1, 0.15) is 11.4 Å². The van der Waals surface area contributed by atoms with Gasteiger partial charge in [-0.2, -0.15) is 0 Å². The second-order valence-electron chi connectivity index (χ2n) is 5.56. The van der Waals surface area contributed by atoms with Gasteiger partial charge in [-0.25, -0.2) is 4.79 Å². The van der Waals surface area contributed by atoms with E-state index in [0.29, 0.717) is 18.1 Å². The number of esters is 1. The van der Waals surface area contributed by atoms with Crippen LogP contribution >= 0.6 is 0 Å². The van der Waals surface area contributed by atoms with Crippen molar-refractivity contribution in [1.29, 1.82) is 0 Å². The van der Waals surface area contributed by atoms with Crippen molar-refractivity contribution in [2.75, 3.05) is 32.8 Å². The van der Waals surface area contributed by atoms with Crippen LogP contribution in [-0.4, -0.2) is 44.2 Å². The smallest absolute Gasteiger partial charge is 0.338 e. The first kappa shape index (κ1) is 21.5. The molecule has 1 N–H and O–H groups in total. The number of benzene rings is 2. The molecule has 0 bridgehead atoms. The van der Waals surface area contributed by atoms with Gasteiger partial charge in [0.25, 0.3) is 11.6 Å². The molecular formula is C19H20N2O8. The largest absolute Gasteiger partial charge is 0.496 e. The number of rotatable bonds is 9. The molecule has 0 radical (unpaired) electrons. The summed E-state index contributed by atoms with van der Waals surface area (Å²) in [6.45, 7) is 1.61. The van der Waals surface area contributed by atoms with Crippen LogP contribution in [0.4, 0.5) is 11.4 Å². The molecule has 0 aliphatic rings. The molecule has 2 aromatic rings. The summed E-state index contributed by atoms with van der Waals surface area (Å²) in [5.74, 6) is -0.406. The lowest BCUT2D eigenvalue weighted by Crippen LogP contribution is -2.21. The van der Waals surface area contributed by atoms with Crippen molar-refractivity contribution in [2.45, 2.75) is 6.92 Å². The quantitative estimate of drug-likeness (QED) is 0.384. The van der Waals surface area contributed by atoms with Crippen LogP contribution in [0.25, 0.3) is 0 Å². The zero-order valence-corrected chi connectivity index (χ0v) is 16.1. The molecule has 29 heavy (non-hydrogen) atoms. The van der Waals surface area contributed by atoms with Crippen LogP contribution in [-0.2, 0) is 9.53 Å². The lowest BCUT2D eigenvalue weighted by atomic mass is 10.2. The van der Waals surface area contributed by atoms with Gasteiger partial charge in [0.15, 0.2) is 18.1 Å². The number of nitrogens with zero attached hydrogens (tertiary/aromatic N) is 1. The summed E-state index contributed by atoms with van der Waals surface area (Å²) in [7, 11) is 2.80. The maximum absolute atomic E-state index is 12.2. The number of nitro benzene ring substituents is 1. The van der Waals surface area contributed by atoms with Crippen LogP contribution in [0.5, 0.6) is 17.2 Å². The summed E-state index contributed by atoms with van der Waals surface area (Å²) in [5, 5.41) is 13.5. The van der Waals surface area contributed by atoms with E-state index in [0.717, 1.165) is 0 Å². The van der Waals surface area contributed by atoms with E-state index in [2.05, 4.69) is 5.32 Å². The van der Waals surface area contributed by atoms with Gasteiger partial charge in [-0.1, -0.05) is 0 Å². The number of hydrogen-bond donors (Lipinski definition) is 1. The highest BCUT2D eigenvalue weighted by Crippen LogP contribution is 2.29. The SMILES string of the molecule is CCOc1ccc(C(=O)OCC(=O)Nc2ccc(OC)cc2[N+](=O)[O-])cc1OC. The Hall–Kier alpha value is -3.82. The number of amides is 1. The molecule has 1 amide bonds. The Bertz CT molecular complexity index is 913. The number of methoxy groups -OCH3 is 2. The fraction of sp³-hybridized carbons (Fsp3) is 0.263. The molecule has 10 nitrogen and oxygen atoms in total. The maximum Gasteiger partial charge on any atom is 0.338 e. The summed E-state index contributed by atoms with van der Waals surface area (Å²) in [6.07, 6.45) is 0. The van der Waals surface area contributed by atoms with Gasteiger partial charge in [-0.15, -0.1) is 0 Å². The van der Waals surface area contributed by atoms with E-state index in [9.17, 15) is 19.7 Å². The Morgan fingerprint density at radius 2 is 1.83 bits per heavy atom. The van der Waals surface area contributed by atoms with Crippen LogP contribution in [0.2, 0.25) is 0 Å². The van der Waals surface area contributed by atoms with E-state index in [-0.39, 0.29) is 22.7 Å². The second-order valence-corrected chi connectivity index (χ2v) is 5.56. The van der Waals surface area contributed by atoms with Crippen LogP contribution in [0.1, 0.15) is 17.3 Å². The van der Waals surface area contributed by atoms with Crippen molar-refractivity contribution < 1.29 is 33.5 Å². The van der Waals surface area contributed by atoms with Crippen molar-refractivity contribution in [3.8, 4) is 17.2 Å². The molecule has 0 spiro atoms. The molecule has 0 saturated carbocycles. The van der Waals surface area contributed by atoms with Gasteiger partial charge in [0.05, 0.1) is 37.4 Å². The monoisotopic (exact) mass is 404 g/mol. The summed E-state index contributed by atoms with van der Waals surface area (Å²) in [5.41, 5.74) is -0.228. The van der Waals surface area contributed by atoms with Crippen LogP contribution in [0.3, 0.4) is 0 Å². The lowest BCUT2D eigenvalue weighted by Gasteiger charge is -2.11. The average Bonchev–Trinajstić information content (AvgIpc) is 2.72. The Kier molecular flexibility index (Phi) is 7.35. The standard InChI is InChI=1S/C19H20N2O8/c1-4-28-16-8-5-12(9-17(16)27-3)19(23)29-11-18(22)20-14-7-6-13(26-2)10-15(14)21(24)25/h5-10H,4,11H2,1-3H3,(H,20,22). The maximum atomic E-state index is 12.2. The summed E-state index contributed by atoms with van der Waals surface area (Å²) in [6, 6.07) is 8.42. The molecule has 154 valence electrons. The number of nitro groups is 1. The van der Waals surface area contributed by atoms with Gasteiger partial charge < -0.3 is 24.3 Å². The van der Waals surface area contributed by atoms with Gasteiger partial charge in [-0.3, -0.25) is 14.9 Å². The molecule has 0 atom stereocenters. The molecule has 0 saturated heterocycles. The minimum absolute atomic E-state index is 0.0421. The Balaban J connectivity index is 2.02. The highest BCUT2D eigenvalue weighted by atomic mass is 16.6. The molecule has 0 aliphatic carbocycles. The van der Waals surface area contributed by atoms with Gasteiger partial charge >= 0.3 is 5.97 Å². The Morgan fingerprint density at radius 1 is 1.07 bits per heavy atom. The third-order valence-corrected chi connectivity index (χ3v) is 3.71. The van der Waals surface area contributed by atoms with Crippen molar-refractivity contribution in [3.05, 3.63) is 52.1 Å². The fourth-order valence-corrected chi connectivity index (χ4v) is 2.37. The number of nitrogens with one attached hydrogen (secondary N) is 1. The topological polar surface area (TPSA) is 126 Å². The first-order valence-electron chi connectivity index (χ1n) is 8.49. The zero-order chi connectivity index (χ0) is 21.4. The molecule has 2 aromatic carbocycles. The number of carbonyl (C=O) groups is 2. The number of hydrogen-bond acceptors (Lipinski definition) is 8. The minimum Gasteiger partial charge on any atom is -0.496 e. The van der Waals surface area contributed by atoms with E-state index in [1.807, 2.05) is 6.92 Å². The normalized spacial score (nSPS) is 10.0. The number of ether oxygens (including phenoxy) is 4. The molecule has 0 aliphatic heterocycles. The van der Waals surface area contributed by atoms with E-state index in [1.54, 1.807) is 6.07 Å². The average molecular weight is 404 g/mol. The molecule has 0 fully saturated rings. The third kappa shape index (κ3) is 5.58. The van der Waals surface area contributed by atoms with E-state index in [4.69, 9.17) is 18.9 Å². The van der Waals surface area contributed by atoms with Crippen molar-refractivity contribution in [2.24, 2.45) is 0 Å². The third-order valence-electron chi connectivity index (χ3n) is 3.71. The molecule has 2 rings (SSSR count). The Labute approximate surface area is 166 Å². The molecule has 0 aromatic heterocycles. The fourth-order valence-electron chi connectivity index (χ4n) is 2.37. The van der Waals surface area contributed by atoms with Crippen molar-refractivity contribution in [1.82, 2.24) is 0 Å². The van der Waals surface area contributed by atoms with Crippen LogP contribution in [0, 0.1) is 10.1 Å². The van der Waals surface area contributed by atoms with E-state index in [1.165, 1.54) is 44.6 Å². The summed E-state index contributed by atoms with van der Waals surface area (Å²) in [4.78, 5) is 34.7. The van der Waals surface area contributed by atoms with Crippen molar-refractivity contribution in [3.63, 3.8) is 0 Å². The number of anilines is 1. The summed E-state index contributed by atoms with van der Waals surface area (Å²) < 4.78 is 20.4.